The third-order valence-corrected chi connectivity index (χ3v) is 7.90. The lowest BCUT2D eigenvalue weighted by Gasteiger charge is -2.12. The molecule has 3 aromatic rings. The van der Waals surface area contributed by atoms with E-state index in [0.717, 1.165) is 25.7 Å². The number of H-pyrrole nitrogens is 1. The van der Waals surface area contributed by atoms with Crippen LogP contribution in [0.2, 0.25) is 0 Å². The minimum atomic E-state index is -4.42. The molecule has 0 saturated heterocycles. The van der Waals surface area contributed by atoms with E-state index in [1.807, 2.05) is 0 Å². The number of hydrogen-bond donors (Lipinski definition) is 4. The third kappa shape index (κ3) is 4.56. The van der Waals surface area contributed by atoms with Crippen molar-refractivity contribution in [1.29, 1.82) is 0 Å². The van der Waals surface area contributed by atoms with Gasteiger partial charge in [-0.1, -0.05) is 29.3 Å². The normalized spacial score (nSPS) is 14.2. The molecule has 33 heavy (non-hydrogen) atoms. The van der Waals surface area contributed by atoms with Crippen molar-refractivity contribution >= 4 is 49.8 Å². The zero-order valence-electron chi connectivity index (χ0n) is 16.7. The number of aromatic carboxylic acids is 1. The number of amides is 2. The van der Waals surface area contributed by atoms with E-state index < -0.39 is 36.9 Å². The summed E-state index contributed by atoms with van der Waals surface area (Å²) in [4.78, 5) is 44.6. The number of carbonyl (C=O) groups is 3. The molecule has 4 N–H and O–H groups in total. The van der Waals surface area contributed by atoms with Gasteiger partial charge in [0.2, 0.25) is 0 Å². The number of nitrogens with zero attached hydrogens (tertiary/aromatic N) is 5. The number of aromatic amines is 1. The first kappa shape index (κ1) is 22.4. The number of thiazole rings is 1. The Hall–Kier alpha value is -3.79. The number of tetrazole rings is 1. The van der Waals surface area contributed by atoms with Gasteiger partial charge >= 0.3 is 12.0 Å². The predicted molar refractivity (Wildman–Crippen MR) is 112 cm³/mol. The van der Waals surface area contributed by atoms with E-state index >= 15 is 0 Å². The number of nitrogens with one attached hydrogen (secondary N) is 3. The first-order chi connectivity index (χ1) is 15.8. The highest BCUT2D eigenvalue weighted by atomic mass is 32.2. The Morgan fingerprint density at radius 2 is 1.91 bits per heavy atom. The molecule has 0 aromatic carbocycles. The van der Waals surface area contributed by atoms with Crippen LogP contribution in [0.1, 0.15) is 46.7 Å². The number of pyridine rings is 1. The summed E-state index contributed by atoms with van der Waals surface area (Å²) in [5.74, 6) is -1.94. The molecule has 3 aromatic heterocycles. The lowest BCUT2D eigenvalue weighted by Crippen LogP contribution is -2.23. The molecule has 1 aliphatic rings. The van der Waals surface area contributed by atoms with Crippen molar-refractivity contribution in [2.24, 2.45) is 5.92 Å². The van der Waals surface area contributed by atoms with Gasteiger partial charge in [-0.25, -0.2) is 28.1 Å². The summed E-state index contributed by atoms with van der Waals surface area (Å²) in [6.45, 7) is 0. The molecule has 0 aliphatic heterocycles. The van der Waals surface area contributed by atoms with Crippen LogP contribution in [0.4, 0.5) is 15.6 Å². The summed E-state index contributed by atoms with van der Waals surface area (Å²) in [5, 5.41) is 24.8. The summed E-state index contributed by atoms with van der Waals surface area (Å²) < 4.78 is 24.6. The van der Waals surface area contributed by atoms with E-state index in [4.69, 9.17) is 0 Å². The molecule has 0 spiro atoms. The Labute approximate surface area is 189 Å². The van der Waals surface area contributed by atoms with Crippen molar-refractivity contribution in [3.8, 4) is 0 Å². The molecule has 1 aliphatic carbocycles. The average Bonchev–Trinajstić information content (AvgIpc) is 3.55. The van der Waals surface area contributed by atoms with E-state index in [0.29, 0.717) is 11.3 Å². The number of aromatic nitrogens is 6. The Bertz CT molecular complexity index is 1310. The van der Waals surface area contributed by atoms with Crippen molar-refractivity contribution in [3.05, 3.63) is 29.7 Å². The topological polar surface area (TPSA) is 210 Å². The molecule has 2 amide bonds. The highest BCUT2D eigenvalue weighted by molar-refractivity contribution is 7.93. The summed E-state index contributed by atoms with van der Waals surface area (Å²) in [6, 6.07) is 2.19. The van der Waals surface area contributed by atoms with Crippen LogP contribution in [0.3, 0.4) is 0 Å². The first-order valence-corrected chi connectivity index (χ1v) is 11.9. The average molecular weight is 492 g/mol. The van der Waals surface area contributed by atoms with Crippen LogP contribution < -0.4 is 10.6 Å². The van der Waals surface area contributed by atoms with Crippen molar-refractivity contribution in [2.75, 3.05) is 10.6 Å². The lowest BCUT2D eigenvalue weighted by molar-refractivity contribution is 0.0687. The number of carboxylic acids is 1. The Kier molecular flexibility index (Phi) is 6.10. The number of ketones is 1. The van der Waals surface area contributed by atoms with Crippen LogP contribution in [-0.2, 0) is 9.84 Å². The van der Waals surface area contributed by atoms with Crippen LogP contribution in [0.25, 0.3) is 0 Å². The van der Waals surface area contributed by atoms with E-state index in [2.05, 4.69) is 41.2 Å². The lowest BCUT2D eigenvalue weighted by atomic mass is 9.99. The number of hydrogen-bond acceptors (Lipinski definition) is 11. The minimum Gasteiger partial charge on any atom is -0.476 e. The molecule has 1 fully saturated rings. The third-order valence-electron chi connectivity index (χ3n) is 4.86. The molecule has 0 unspecified atom stereocenters. The van der Waals surface area contributed by atoms with Gasteiger partial charge in [0.25, 0.3) is 15.0 Å². The fourth-order valence-corrected chi connectivity index (χ4v) is 5.83. The number of anilines is 2. The smallest absolute Gasteiger partial charge is 0.356 e. The molecule has 16 heteroatoms. The minimum absolute atomic E-state index is 0.117. The van der Waals surface area contributed by atoms with Gasteiger partial charge < -0.3 is 10.4 Å². The number of Topliss-reactive ketones (excluding diaryl/α,β-unsaturated/α-hetero) is 1. The Balaban J connectivity index is 1.56. The molecule has 0 atom stereocenters. The Morgan fingerprint density at radius 1 is 1.15 bits per heavy atom. The van der Waals surface area contributed by atoms with Crippen molar-refractivity contribution in [2.45, 2.75) is 35.0 Å². The maximum absolute atomic E-state index is 12.8. The van der Waals surface area contributed by atoms with Crippen LogP contribution in [0, 0.1) is 5.92 Å². The molecular formula is C17H16N8O6S2. The summed E-state index contributed by atoms with van der Waals surface area (Å²) in [5.41, 5.74) is -0.515. The van der Waals surface area contributed by atoms with Crippen molar-refractivity contribution in [1.82, 2.24) is 30.6 Å². The second kappa shape index (κ2) is 8.99. The quantitative estimate of drug-likeness (QED) is 0.348. The summed E-state index contributed by atoms with van der Waals surface area (Å²) >= 11 is 0.413. The van der Waals surface area contributed by atoms with Gasteiger partial charge in [0.1, 0.15) is 5.69 Å². The SMILES string of the molecule is O=C(Nc1nc(C(=O)O)c(S(=O)(=O)c2nnn[nH]2)s1)Nc1cccnc1C(=O)C1CCCC1. The molecule has 14 nitrogen and oxygen atoms in total. The highest BCUT2D eigenvalue weighted by Gasteiger charge is 2.33. The monoisotopic (exact) mass is 492 g/mol. The van der Waals surface area contributed by atoms with E-state index in [1.54, 1.807) is 6.07 Å². The van der Waals surface area contributed by atoms with Crippen LogP contribution in [0.5, 0.6) is 0 Å². The molecule has 4 rings (SSSR count). The number of sulfone groups is 1. The van der Waals surface area contributed by atoms with Gasteiger partial charge in [0.15, 0.2) is 20.8 Å². The van der Waals surface area contributed by atoms with Gasteiger partial charge in [0.05, 0.1) is 5.69 Å². The fourth-order valence-electron chi connectivity index (χ4n) is 3.36. The summed E-state index contributed by atoms with van der Waals surface area (Å²) in [6.07, 6.45) is 4.88. The maximum Gasteiger partial charge on any atom is 0.356 e. The maximum atomic E-state index is 12.8. The van der Waals surface area contributed by atoms with Crippen molar-refractivity contribution < 1.29 is 27.9 Å². The fraction of sp³-hybridized carbons (Fsp3) is 0.294. The predicted octanol–water partition coefficient (Wildman–Crippen LogP) is 1.60. The number of carbonyl (C=O) groups excluding carboxylic acids is 2. The molecule has 1 saturated carbocycles. The van der Waals surface area contributed by atoms with Crippen LogP contribution >= 0.6 is 11.3 Å². The molecule has 172 valence electrons. The zero-order valence-corrected chi connectivity index (χ0v) is 18.3. The second-order valence-corrected chi connectivity index (χ2v) is 10.1. The van der Waals surface area contributed by atoms with Gasteiger partial charge in [-0.2, -0.15) is 0 Å². The number of urea groups is 1. The standard InChI is InChI=1S/C17H16N8O6S2/c26-12(8-4-1-2-5-8)10-9(6-3-7-18-10)19-15(29)21-16-20-11(13(27)28)14(32-16)33(30,31)17-22-24-25-23-17/h3,6-8H,1-2,4-5H2,(H,27,28)(H2,19,20,21,29)(H,22,23,24,25). The Morgan fingerprint density at radius 3 is 2.58 bits per heavy atom. The van der Waals surface area contributed by atoms with E-state index in [-0.39, 0.29) is 28.2 Å². The first-order valence-electron chi connectivity index (χ1n) is 9.57. The van der Waals surface area contributed by atoms with Gasteiger partial charge in [-0.05, 0) is 35.4 Å². The number of rotatable bonds is 7. The van der Waals surface area contributed by atoms with Gasteiger partial charge in [0, 0.05) is 12.1 Å². The summed E-state index contributed by atoms with van der Waals surface area (Å²) in [7, 11) is -4.42. The molecular weight excluding hydrogens is 476 g/mol. The number of carboxylic acid groups (broad SMARTS) is 1. The van der Waals surface area contributed by atoms with Gasteiger partial charge in [-0.15, -0.1) is 0 Å². The highest BCUT2D eigenvalue weighted by Crippen LogP contribution is 2.32. The molecule has 0 radical (unpaired) electrons. The largest absolute Gasteiger partial charge is 0.476 e. The van der Waals surface area contributed by atoms with E-state index in [9.17, 15) is 27.9 Å². The van der Waals surface area contributed by atoms with E-state index in [1.165, 1.54) is 12.3 Å². The molecule has 0 bridgehead atoms. The van der Waals surface area contributed by atoms with Crippen molar-refractivity contribution in [3.63, 3.8) is 0 Å². The van der Waals surface area contributed by atoms with Crippen LogP contribution in [0.15, 0.2) is 27.7 Å². The van der Waals surface area contributed by atoms with Gasteiger partial charge in [-0.3, -0.25) is 15.1 Å². The second-order valence-electron chi connectivity index (χ2n) is 6.99. The van der Waals surface area contributed by atoms with Crippen LogP contribution in [-0.4, -0.2) is 61.9 Å². The molecule has 3 heterocycles. The zero-order chi connectivity index (χ0) is 23.6.